The zero-order valence-corrected chi connectivity index (χ0v) is 19.2. The van der Waals surface area contributed by atoms with Gasteiger partial charge in [-0.05, 0) is 63.1 Å². The Balaban J connectivity index is 1.93. The first-order valence-corrected chi connectivity index (χ1v) is 12.2. The van der Waals surface area contributed by atoms with Gasteiger partial charge in [0.2, 0.25) is 15.9 Å². The lowest BCUT2D eigenvalue weighted by atomic mass is 10.1. The maximum absolute atomic E-state index is 13.0. The van der Waals surface area contributed by atoms with Crippen molar-refractivity contribution in [2.45, 2.75) is 40.3 Å². The molecule has 0 aliphatic heterocycles. The van der Waals surface area contributed by atoms with Crippen molar-refractivity contribution in [1.82, 2.24) is 4.57 Å². The monoisotopic (exact) mass is 447 g/mol. The smallest absolute Gasteiger partial charge is 0.308 e. The van der Waals surface area contributed by atoms with E-state index in [0.29, 0.717) is 17.9 Å². The number of nitrogens with zero attached hydrogens (tertiary/aromatic N) is 2. The number of carbonyl (C=O) groups excluding carboxylic acids is 1. The molecule has 0 saturated carbocycles. The van der Waals surface area contributed by atoms with Gasteiger partial charge in [0, 0.05) is 12.2 Å². The standard InChI is InChI=1S/C21H25N3O4S2/c1-6-23-17-10-9-16(12-19(17)29-21(23)26)22-20(25)15(4)24(30(5,27)28)18-11-13(2)7-8-14(18)3/h7-12,15H,6H2,1-5H3,(H,22,25). The number of amides is 1. The Labute approximate surface area is 180 Å². The largest absolute Gasteiger partial charge is 0.324 e. The summed E-state index contributed by atoms with van der Waals surface area (Å²) in [5.74, 6) is -0.456. The second kappa shape index (κ2) is 8.23. The Morgan fingerprint density at radius 3 is 2.53 bits per heavy atom. The molecule has 2 aromatic carbocycles. The van der Waals surface area contributed by atoms with Crippen LogP contribution in [0.15, 0.2) is 41.2 Å². The van der Waals surface area contributed by atoms with Crippen molar-refractivity contribution in [2.75, 3.05) is 15.9 Å². The van der Waals surface area contributed by atoms with Crippen molar-refractivity contribution in [3.05, 3.63) is 57.2 Å². The Kier molecular flexibility index (Phi) is 6.05. The maximum Gasteiger partial charge on any atom is 0.308 e. The molecule has 1 heterocycles. The van der Waals surface area contributed by atoms with Crippen LogP contribution in [0, 0.1) is 13.8 Å². The van der Waals surface area contributed by atoms with Gasteiger partial charge in [0.1, 0.15) is 6.04 Å². The molecule has 9 heteroatoms. The van der Waals surface area contributed by atoms with Gasteiger partial charge in [0.25, 0.3) is 0 Å². The van der Waals surface area contributed by atoms with Crippen molar-refractivity contribution in [3.63, 3.8) is 0 Å². The van der Waals surface area contributed by atoms with Crippen LogP contribution in [0.3, 0.4) is 0 Å². The van der Waals surface area contributed by atoms with Gasteiger partial charge in [-0.2, -0.15) is 0 Å². The molecule has 0 bridgehead atoms. The lowest BCUT2D eigenvalue weighted by Crippen LogP contribution is -2.45. The average molecular weight is 448 g/mol. The van der Waals surface area contributed by atoms with Crippen LogP contribution in [-0.4, -0.2) is 31.2 Å². The van der Waals surface area contributed by atoms with Crippen molar-refractivity contribution in [2.24, 2.45) is 0 Å². The number of nitrogens with one attached hydrogen (secondary N) is 1. The molecule has 3 aromatic rings. The number of fused-ring (bicyclic) bond motifs is 1. The summed E-state index contributed by atoms with van der Waals surface area (Å²) in [5.41, 5.74) is 3.47. The Morgan fingerprint density at radius 2 is 1.90 bits per heavy atom. The van der Waals surface area contributed by atoms with Crippen LogP contribution < -0.4 is 14.5 Å². The fourth-order valence-corrected chi connectivity index (χ4v) is 5.65. The summed E-state index contributed by atoms with van der Waals surface area (Å²) in [6.45, 7) is 7.71. The van der Waals surface area contributed by atoms with Crippen LogP contribution in [0.25, 0.3) is 10.2 Å². The zero-order valence-electron chi connectivity index (χ0n) is 17.6. The molecule has 7 nitrogen and oxygen atoms in total. The summed E-state index contributed by atoms with van der Waals surface area (Å²) < 4.78 is 28.7. The van der Waals surface area contributed by atoms with Gasteiger partial charge >= 0.3 is 4.87 Å². The molecule has 160 valence electrons. The quantitative estimate of drug-likeness (QED) is 0.626. The van der Waals surface area contributed by atoms with E-state index in [1.54, 1.807) is 35.8 Å². The second-order valence-electron chi connectivity index (χ2n) is 7.31. The number of aryl methyl sites for hydroxylation is 3. The maximum atomic E-state index is 13.0. The van der Waals surface area contributed by atoms with Gasteiger partial charge in [-0.3, -0.25) is 18.5 Å². The number of hydrogen-bond acceptors (Lipinski definition) is 5. The molecule has 0 radical (unpaired) electrons. The molecule has 1 unspecified atom stereocenters. The predicted molar refractivity (Wildman–Crippen MR) is 123 cm³/mol. The second-order valence-corrected chi connectivity index (χ2v) is 10.2. The molecule has 1 N–H and O–H groups in total. The first kappa shape index (κ1) is 22.0. The molecule has 0 spiro atoms. The van der Waals surface area contributed by atoms with Crippen molar-refractivity contribution in [1.29, 1.82) is 0 Å². The van der Waals surface area contributed by atoms with E-state index in [4.69, 9.17) is 0 Å². The van der Waals surface area contributed by atoms with Crippen LogP contribution >= 0.6 is 11.3 Å². The molecule has 1 amide bonds. The minimum absolute atomic E-state index is 0.0532. The van der Waals surface area contributed by atoms with Crippen molar-refractivity contribution >= 4 is 48.9 Å². The number of anilines is 2. The van der Waals surface area contributed by atoms with Crippen LogP contribution in [0.1, 0.15) is 25.0 Å². The molecule has 1 aromatic heterocycles. The molecule has 30 heavy (non-hydrogen) atoms. The first-order valence-electron chi connectivity index (χ1n) is 9.54. The van der Waals surface area contributed by atoms with Gasteiger partial charge in [-0.15, -0.1) is 0 Å². The summed E-state index contributed by atoms with van der Waals surface area (Å²) in [7, 11) is -3.70. The van der Waals surface area contributed by atoms with E-state index in [9.17, 15) is 18.0 Å². The van der Waals surface area contributed by atoms with Gasteiger partial charge in [0.05, 0.1) is 22.2 Å². The van der Waals surface area contributed by atoms with Gasteiger partial charge < -0.3 is 5.32 Å². The molecule has 0 fully saturated rings. The average Bonchev–Trinajstić information content (AvgIpc) is 2.97. The summed E-state index contributed by atoms with van der Waals surface area (Å²) in [5, 5.41) is 2.79. The van der Waals surface area contributed by atoms with Crippen LogP contribution in [0.2, 0.25) is 0 Å². The molecule has 0 aliphatic carbocycles. The highest BCUT2D eigenvalue weighted by atomic mass is 32.2. The Hall–Kier alpha value is -2.65. The number of hydrogen-bond donors (Lipinski definition) is 1. The molecular weight excluding hydrogens is 422 g/mol. The molecule has 1 atom stereocenters. The predicted octanol–water partition coefficient (Wildman–Crippen LogP) is 3.49. The summed E-state index contributed by atoms with van der Waals surface area (Å²) >= 11 is 1.11. The third kappa shape index (κ3) is 4.27. The van der Waals surface area contributed by atoms with Crippen LogP contribution in [0.5, 0.6) is 0 Å². The number of sulfonamides is 1. The fraction of sp³-hybridized carbons (Fsp3) is 0.333. The molecule has 0 aliphatic rings. The van der Waals surface area contributed by atoms with Gasteiger partial charge in [0.15, 0.2) is 0 Å². The fourth-order valence-electron chi connectivity index (χ4n) is 3.43. The number of benzene rings is 2. The molecular formula is C21H25N3O4S2. The van der Waals surface area contributed by atoms with Gasteiger partial charge in [-0.1, -0.05) is 23.5 Å². The highest BCUT2D eigenvalue weighted by molar-refractivity contribution is 7.92. The zero-order chi connectivity index (χ0) is 22.2. The van der Waals surface area contributed by atoms with E-state index in [1.165, 1.54) is 0 Å². The van der Waals surface area contributed by atoms with Crippen molar-refractivity contribution in [3.8, 4) is 0 Å². The van der Waals surface area contributed by atoms with Gasteiger partial charge in [-0.25, -0.2) is 8.42 Å². The summed E-state index contributed by atoms with van der Waals surface area (Å²) in [6.07, 6.45) is 1.09. The number of aromatic nitrogens is 1. The third-order valence-electron chi connectivity index (χ3n) is 4.94. The topological polar surface area (TPSA) is 88.5 Å². The minimum Gasteiger partial charge on any atom is -0.324 e. The highest BCUT2D eigenvalue weighted by Gasteiger charge is 2.30. The number of rotatable bonds is 6. The number of thiazole rings is 1. The van der Waals surface area contributed by atoms with E-state index in [0.717, 1.165) is 43.2 Å². The lowest BCUT2D eigenvalue weighted by molar-refractivity contribution is -0.116. The Morgan fingerprint density at radius 1 is 1.20 bits per heavy atom. The Bertz CT molecular complexity index is 1280. The van der Waals surface area contributed by atoms with E-state index in [2.05, 4.69) is 5.32 Å². The molecule has 3 rings (SSSR count). The van der Waals surface area contributed by atoms with Crippen molar-refractivity contribution < 1.29 is 13.2 Å². The summed E-state index contributed by atoms with van der Waals surface area (Å²) in [6, 6.07) is 9.77. The highest BCUT2D eigenvalue weighted by Crippen LogP contribution is 2.27. The van der Waals surface area contributed by atoms with E-state index >= 15 is 0 Å². The van der Waals surface area contributed by atoms with Crippen LogP contribution in [0.4, 0.5) is 11.4 Å². The lowest BCUT2D eigenvalue weighted by Gasteiger charge is -2.29. The summed E-state index contributed by atoms with van der Waals surface area (Å²) in [4.78, 5) is 24.9. The van der Waals surface area contributed by atoms with Crippen LogP contribution in [-0.2, 0) is 21.4 Å². The number of carbonyl (C=O) groups is 1. The van der Waals surface area contributed by atoms with E-state index in [1.807, 2.05) is 32.9 Å². The van der Waals surface area contributed by atoms with E-state index < -0.39 is 22.0 Å². The SMILES string of the molecule is CCn1c(=O)sc2cc(NC(=O)C(C)N(c3cc(C)ccc3C)S(C)(=O)=O)ccc21. The van der Waals surface area contributed by atoms with E-state index in [-0.39, 0.29) is 4.87 Å². The third-order valence-corrected chi connectivity index (χ3v) is 7.11. The molecule has 0 saturated heterocycles. The minimum atomic E-state index is -3.70. The normalized spacial score (nSPS) is 12.7. The first-order chi connectivity index (χ1) is 14.0.